The molecule has 2 aromatic rings. The minimum atomic E-state index is 0.379. The molecular formula is C15H19NOS. The lowest BCUT2D eigenvalue weighted by atomic mass is 10.1. The van der Waals surface area contributed by atoms with Crippen molar-refractivity contribution in [2.75, 3.05) is 13.2 Å². The van der Waals surface area contributed by atoms with E-state index in [-0.39, 0.29) is 0 Å². The first kappa shape index (κ1) is 13.1. The van der Waals surface area contributed by atoms with Gasteiger partial charge in [0.25, 0.3) is 0 Å². The maximum absolute atomic E-state index is 5.81. The lowest BCUT2D eigenvalue weighted by Gasteiger charge is -2.15. The van der Waals surface area contributed by atoms with E-state index in [2.05, 4.69) is 36.6 Å². The lowest BCUT2D eigenvalue weighted by molar-refractivity contribution is 0.252. The van der Waals surface area contributed by atoms with Gasteiger partial charge in [0.15, 0.2) is 0 Å². The van der Waals surface area contributed by atoms with E-state index in [0.29, 0.717) is 19.1 Å². The number of thiophene rings is 1. The number of nitrogens with two attached hydrogens (primary N) is 1. The Hall–Kier alpha value is -1.32. The summed E-state index contributed by atoms with van der Waals surface area (Å²) in [5, 5.41) is 2.10. The van der Waals surface area contributed by atoms with Crippen LogP contribution in [-0.2, 0) is 6.42 Å². The maximum Gasteiger partial charge on any atom is 0.119 e. The van der Waals surface area contributed by atoms with Crippen molar-refractivity contribution in [3.63, 3.8) is 0 Å². The summed E-state index contributed by atoms with van der Waals surface area (Å²) in [5.41, 5.74) is 7.03. The van der Waals surface area contributed by atoms with Crippen LogP contribution in [0.25, 0.3) is 0 Å². The molecule has 0 aliphatic carbocycles. The standard InChI is InChI=1S/C15H19NOS/c1-12-4-2-5-14(8-12)17-11-13(10-16)9-15-6-3-7-18-15/h2-8,13H,9-11,16H2,1H3. The van der Waals surface area contributed by atoms with E-state index in [0.717, 1.165) is 12.2 Å². The number of hydrogen-bond donors (Lipinski definition) is 1. The average molecular weight is 261 g/mol. The predicted molar refractivity (Wildman–Crippen MR) is 77.2 cm³/mol. The van der Waals surface area contributed by atoms with Crippen LogP contribution in [-0.4, -0.2) is 13.2 Å². The van der Waals surface area contributed by atoms with Crippen LogP contribution in [0.3, 0.4) is 0 Å². The van der Waals surface area contributed by atoms with Gasteiger partial charge in [-0.2, -0.15) is 0 Å². The molecule has 0 aliphatic rings. The highest BCUT2D eigenvalue weighted by Gasteiger charge is 2.09. The van der Waals surface area contributed by atoms with Gasteiger partial charge >= 0.3 is 0 Å². The van der Waals surface area contributed by atoms with Gasteiger partial charge in [-0.15, -0.1) is 11.3 Å². The van der Waals surface area contributed by atoms with Crippen molar-refractivity contribution in [2.45, 2.75) is 13.3 Å². The van der Waals surface area contributed by atoms with Crippen LogP contribution in [0.1, 0.15) is 10.4 Å². The summed E-state index contributed by atoms with van der Waals surface area (Å²) in [5.74, 6) is 1.31. The maximum atomic E-state index is 5.81. The molecule has 1 aromatic carbocycles. The van der Waals surface area contributed by atoms with E-state index in [1.807, 2.05) is 12.1 Å². The molecule has 0 saturated carbocycles. The first-order chi connectivity index (χ1) is 8.78. The Morgan fingerprint density at radius 2 is 2.17 bits per heavy atom. The van der Waals surface area contributed by atoms with Gasteiger partial charge in [0.05, 0.1) is 6.61 Å². The fourth-order valence-corrected chi connectivity index (χ4v) is 2.66. The molecule has 0 amide bonds. The minimum Gasteiger partial charge on any atom is -0.493 e. The Balaban J connectivity index is 1.87. The molecule has 2 rings (SSSR count). The average Bonchev–Trinajstić information content (AvgIpc) is 2.87. The molecule has 0 radical (unpaired) electrons. The number of ether oxygens (including phenoxy) is 1. The molecular weight excluding hydrogens is 242 g/mol. The molecule has 3 heteroatoms. The molecule has 1 aromatic heterocycles. The SMILES string of the molecule is Cc1cccc(OCC(CN)Cc2cccs2)c1. The first-order valence-corrected chi connectivity index (χ1v) is 7.08. The van der Waals surface area contributed by atoms with Crippen molar-refractivity contribution in [1.82, 2.24) is 0 Å². The fourth-order valence-electron chi connectivity index (χ4n) is 1.84. The van der Waals surface area contributed by atoms with Crippen molar-refractivity contribution in [3.8, 4) is 5.75 Å². The van der Waals surface area contributed by atoms with Gasteiger partial charge in [0, 0.05) is 10.8 Å². The number of aryl methyl sites for hydroxylation is 1. The first-order valence-electron chi connectivity index (χ1n) is 6.20. The third-order valence-corrected chi connectivity index (χ3v) is 3.78. The zero-order valence-corrected chi connectivity index (χ0v) is 11.5. The molecule has 1 atom stereocenters. The fraction of sp³-hybridized carbons (Fsp3) is 0.333. The van der Waals surface area contributed by atoms with Gasteiger partial charge < -0.3 is 10.5 Å². The molecule has 2 N–H and O–H groups in total. The smallest absolute Gasteiger partial charge is 0.119 e. The lowest BCUT2D eigenvalue weighted by Crippen LogP contribution is -2.23. The Bertz CT molecular complexity index is 467. The monoisotopic (exact) mass is 261 g/mol. The van der Waals surface area contributed by atoms with Crippen molar-refractivity contribution in [1.29, 1.82) is 0 Å². The van der Waals surface area contributed by atoms with Crippen LogP contribution in [0.5, 0.6) is 5.75 Å². The van der Waals surface area contributed by atoms with Gasteiger partial charge in [-0.1, -0.05) is 18.2 Å². The summed E-state index contributed by atoms with van der Waals surface area (Å²) in [6.45, 7) is 3.40. The largest absolute Gasteiger partial charge is 0.493 e. The van der Waals surface area contributed by atoms with Crippen molar-refractivity contribution in [3.05, 3.63) is 52.2 Å². The number of benzene rings is 1. The Labute approximate surface area is 112 Å². The summed E-state index contributed by atoms with van der Waals surface area (Å²) in [6, 6.07) is 12.4. The molecule has 0 fully saturated rings. The number of hydrogen-bond acceptors (Lipinski definition) is 3. The summed E-state index contributed by atoms with van der Waals surface area (Å²) in [7, 11) is 0. The highest BCUT2D eigenvalue weighted by atomic mass is 32.1. The van der Waals surface area contributed by atoms with Gasteiger partial charge in [-0.25, -0.2) is 0 Å². The van der Waals surface area contributed by atoms with Gasteiger partial charge in [0.2, 0.25) is 0 Å². The highest BCUT2D eigenvalue weighted by molar-refractivity contribution is 7.09. The van der Waals surface area contributed by atoms with E-state index in [1.165, 1.54) is 10.4 Å². The molecule has 0 saturated heterocycles. The third kappa shape index (κ3) is 3.86. The van der Waals surface area contributed by atoms with Crippen LogP contribution in [0.2, 0.25) is 0 Å². The van der Waals surface area contributed by atoms with E-state index in [9.17, 15) is 0 Å². The van der Waals surface area contributed by atoms with Crippen LogP contribution < -0.4 is 10.5 Å². The third-order valence-electron chi connectivity index (χ3n) is 2.88. The second kappa shape index (κ2) is 6.57. The molecule has 96 valence electrons. The second-order valence-electron chi connectivity index (χ2n) is 4.51. The van der Waals surface area contributed by atoms with Crippen molar-refractivity contribution >= 4 is 11.3 Å². The van der Waals surface area contributed by atoms with Crippen molar-refractivity contribution in [2.24, 2.45) is 11.7 Å². The Morgan fingerprint density at radius 1 is 1.28 bits per heavy atom. The Morgan fingerprint density at radius 3 is 2.83 bits per heavy atom. The van der Waals surface area contributed by atoms with Crippen LogP contribution in [0.15, 0.2) is 41.8 Å². The second-order valence-corrected chi connectivity index (χ2v) is 5.54. The van der Waals surface area contributed by atoms with Crippen LogP contribution in [0, 0.1) is 12.8 Å². The molecule has 0 bridgehead atoms. The van der Waals surface area contributed by atoms with E-state index in [4.69, 9.17) is 10.5 Å². The molecule has 0 aliphatic heterocycles. The molecule has 18 heavy (non-hydrogen) atoms. The predicted octanol–water partition coefficient (Wildman–Crippen LogP) is 3.25. The zero-order chi connectivity index (χ0) is 12.8. The van der Waals surface area contributed by atoms with Gasteiger partial charge in [-0.05, 0) is 49.0 Å². The van der Waals surface area contributed by atoms with E-state index < -0.39 is 0 Å². The molecule has 1 unspecified atom stereocenters. The molecule has 0 spiro atoms. The Kier molecular flexibility index (Phi) is 4.79. The summed E-state index contributed by atoms with van der Waals surface area (Å²) >= 11 is 1.78. The van der Waals surface area contributed by atoms with Gasteiger partial charge in [-0.3, -0.25) is 0 Å². The van der Waals surface area contributed by atoms with Gasteiger partial charge in [0.1, 0.15) is 5.75 Å². The van der Waals surface area contributed by atoms with E-state index in [1.54, 1.807) is 11.3 Å². The zero-order valence-electron chi connectivity index (χ0n) is 10.6. The topological polar surface area (TPSA) is 35.2 Å². The summed E-state index contributed by atoms with van der Waals surface area (Å²) < 4.78 is 5.81. The van der Waals surface area contributed by atoms with Crippen LogP contribution >= 0.6 is 11.3 Å². The number of rotatable bonds is 6. The summed E-state index contributed by atoms with van der Waals surface area (Å²) in [4.78, 5) is 1.37. The van der Waals surface area contributed by atoms with Crippen LogP contribution in [0.4, 0.5) is 0 Å². The van der Waals surface area contributed by atoms with Crippen molar-refractivity contribution < 1.29 is 4.74 Å². The normalized spacial score (nSPS) is 12.3. The van der Waals surface area contributed by atoms with E-state index >= 15 is 0 Å². The minimum absolute atomic E-state index is 0.379. The summed E-state index contributed by atoms with van der Waals surface area (Å²) in [6.07, 6.45) is 1.000. The molecule has 2 nitrogen and oxygen atoms in total. The highest BCUT2D eigenvalue weighted by Crippen LogP contribution is 2.17. The molecule has 1 heterocycles. The quantitative estimate of drug-likeness (QED) is 0.866.